The number of halogens is 2. The van der Waals surface area contributed by atoms with Gasteiger partial charge in [-0.2, -0.15) is 8.78 Å². The lowest BCUT2D eigenvalue weighted by Crippen LogP contribution is -2.58. The highest BCUT2D eigenvalue weighted by Gasteiger charge is 2.47. The number of rotatable bonds is 8. The van der Waals surface area contributed by atoms with Gasteiger partial charge in [0.05, 0.1) is 18.8 Å². The van der Waals surface area contributed by atoms with Crippen LogP contribution in [0.15, 0.2) is 24.3 Å². The minimum absolute atomic E-state index is 0.140. The van der Waals surface area contributed by atoms with Crippen LogP contribution < -0.4 is 10.1 Å². The summed E-state index contributed by atoms with van der Waals surface area (Å²) in [7, 11) is 1.20. The molecule has 1 aromatic rings. The number of hydrogen-bond acceptors (Lipinski definition) is 4. The summed E-state index contributed by atoms with van der Waals surface area (Å²) < 4.78 is 38.7. The number of ether oxygens (including phenoxy) is 2. The van der Waals surface area contributed by atoms with Gasteiger partial charge >= 0.3 is 11.9 Å². The first-order valence-corrected chi connectivity index (χ1v) is 6.84. The molecule has 128 valence electrons. The zero-order chi connectivity index (χ0) is 17.7. The maximum absolute atomic E-state index is 14.4. The molecule has 1 unspecified atom stereocenters. The van der Waals surface area contributed by atoms with Gasteiger partial charge in [-0.15, -0.1) is 0 Å². The molecule has 8 heteroatoms. The van der Waals surface area contributed by atoms with Gasteiger partial charge in [-0.1, -0.05) is 12.1 Å². The highest BCUT2D eigenvalue weighted by atomic mass is 19.3. The van der Waals surface area contributed by atoms with Crippen LogP contribution in [-0.2, 0) is 20.2 Å². The van der Waals surface area contributed by atoms with Gasteiger partial charge in [0.25, 0.3) is 5.91 Å². The Kier molecular flexibility index (Phi) is 6.03. The third kappa shape index (κ3) is 4.16. The van der Waals surface area contributed by atoms with Crippen molar-refractivity contribution in [3.8, 4) is 5.75 Å². The van der Waals surface area contributed by atoms with E-state index in [0.29, 0.717) is 0 Å². The first-order valence-electron chi connectivity index (χ1n) is 6.84. The van der Waals surface area contributed by atoms with E-state index in [2.05, 4.69) is 4.74 Å². The molecule has 1 rings (SSSR count). The molecule has 0 saturated heterocycles. The second-order valence-electron chi connectivity index (χ2n) is 5.03. The summed E-state index contributed by atoms with van der Waals surface area (Å²) in [6, 6.07) is 5.20. The van der Waals surface area contributed by atoms with Crippen LogP contribution in [-0.4, -0.2) is 42.8 Å². The zero-order valence-corrected chi connectivity index (χ0v) is 13.1. The summed E-state index contributed by atoms with van der Waals surface area (Å²) in [6.45, 7) is 2.39. The van der Waals surface area contributed by atoms with Crippen molar-refractivity contribution in [1.82, 2.24) is 5.32 Å². The van der Waals surface area contributed by atoms with Gasteiger partial charge in [0.1, 0.15) is 5.75 Å². The molecule has 1 amide bonds. The van der Waals surface area contributed by atoms with E-state index >= 15 is 0 Å². The van der Waals surface area contributed by atoms with Crippen molar-refractivity contribution in [2.75, 3.05) is 20.3 Å². The van der Waals surface area contributed by atoms with Gasteiger partial charge in [0, 0.05) is 7.11 Å². The highest BCUT2D eigenvalue weighted by molar-refractivity contribution is 5.91. The number of nitrogens with one attached hydrogen (secondary N) is 1. The predicted octanol–water partition coefficient (Wildman–Crippen LogP) is 1.78. The molecule has 0 heterocycles. The van der Waals surface area contributed by atoms with Crippen LogP contribution in [0.3, 0.4) is 0 Å². The van der Waals surface area contributed by atoms with Crippen molar-refractivity contribution in [3.05, 3.63) is 29.8 Å². The zero-order valence-electron chi connectivity index (χ0n) is 13.1. The Labute approximate surface area is 132 Å². The monoisotopic (exact) mass is 331 g/mol. The number of hydrogen-bond donors (Lipinski definition) is 2. The quantitative estimate of drug-likeness (QED) is 0.758. The van der Waals surface area contributed by atoms with Crippen molar-refractivity contribution >= 4 is 11.9 Å². The van der Waals surface area contributed by atoms with Crippen molar-refractivity contribution in [2.45, 2.75) is 25.3 Å². The molecule has 0 bridgehead atoms. The van der Waals surface area contributed by atoms with Gasteiger partial charge in [0.15, 0.2) is 5.54 Å². The molecule has 0 aromatic heterocycles. The van der Waals surface area contributed by atoms with Crippen LogP contribution >= 0.6 is 0 Å². The maximum atomic E-state index is 14.4. The molecular weight excluding hydrogens is 312 g/mol. The third-order valence-electron chi connectivity index (χ3n) is 3.10. The number of para-hydroxylation sites is 1. The Hall–Kier alpha value is -2.22. The van der Waals surface area contributed by atoms with Crippen molar-refractivity contribution in [2.24, 2.45) is 0 Å². The topological polar surface area (TPSA) is 84.9 Å². The number of carbonyl (C=O) groups excluding carboxylic acids is 1. The average Bonchev–Trinajstić information content (AvgIpc) is 2.48. The number of amides is 1. The van der Waals surface area contributed by atoms with Crippen LogP contribution in [0.2, 0.25) is 0 Å². The fourth-order valence-corrected chi connectivity index (χ4v) is 1.90. The van der Waals surface area contributed by atoms with Gasteiger partial charge in [-0.25, -0.2) is 4.79 Å². The molecule has 0 aliphatic heterocycles. The summed E-state index contributed by atoms with van der Waals surface area (Å²) in [5.74, 6) is -7.33. The average molecular weight is 331 g/mol. The van der Waals surface area contributed by atoms with E-state index in [1.807, 2.05) is 5.32 Å². The van der Waals surface area contributed by atoms with Crippen LogP contribution in [0.25, 0.3) is 0 Å². The molecule has 0 spiro atoms. The Morgan fingerprint density at radius 2 is 1.91 bits per heavy atom. The Balaban J connectivity index is 3.12. The molecule has 6 nitrogen and oxygen atoms in total. The lowest BCUT2D eigenvalue weighted by atomic mass is 10.0. The molecule has 23 heavy (non-hydrogen) atoms. The number of carboxylic acids is 1. The predicted molar refractivity (Wildman–Crippen MR) is 77.6 cm³/mol. The van der Waals surface area contributed by atoms with Crippen molar-refractivity contribution in [1.29, 1.82) is 0 Å². The molecule has 1 atom stereocenters. The highest BCUT2D eigenvalue weighted by Crippen LogP contribution is 2.35. The fraction of sp³-hybridized carbons (Fsp3) is 0.467. The summed E-state index contributed by atoms with van der Waals surface area (Å²) >= 11 is 0. The third-order valence-corrected chi connectivity index (χ3v) is 3.10. The molecular formula is C15H19F2NO5. The largest absolute Gasteiger partial charge is 0.493 e. The standard InChI is InChI=1S/C15H19F2NO5/c1-4-23-11-8-6-5-7-10(11)15(16,17)12(19)18-14(2,9-22-3)13(20)21/h5-8H,4,9H2,1-3H3,(H,18,19)(H,20,21). The first-order chi connectivity index (χ1) is 10.7. The van der Waals surface area contributed by atoms with E-state index in [-0.39, 0.29) is 12.4 Å². The molecule has 0 aliphatic carbocycles. The molecule has 0 aliphatic rings. The molecule has 0 fully saturated rings. The van der Waals surface area contributed by atoms with E-state index in [9.17, 15) is 18.4 Å². The van der Waals surface area contributed by atoms with E-state index in [4.69, 9.17) is 9.84 Å². The van der Waals surface area contributed by atoms with E-state index in [1.54, 1.807) is 6.92 Å². The van der Waals surface area contributed by atoms with Crippen molar-refractivity contribution in [3.63, 3.8) is 0 Å². The SMILES string of the molecule is CCOc1ccccc1C(F)(F)C(=O)NC(C)(COC)C(=O)O. The summed E-state index contributed by atoms with van der Waals surface area (Å²) in [4.78, 5) is 23.2. The first kappa shape index (κ1) is 18.8. The van der Waals surface area contributed by atoms with Crippen LogP contribution in [0.1, 0.15) is 19.4 Å². The second kappa shape index (κ2) is 7.36. The minimum atomic E-state index is -3.96. The minimum Gasteiger partial charge on any atom is -0.493 e. The molecule has 2 N–H and O–H groups in total. The Bertz CT molecular complexity index is 579. The van der Waals surface area contributed by atoms with Gasteiger partial charge in [-0.05, 0) is 26.0 Å². The van der Waals surface area contributed by atoms with Gasteiger partial charge in [-0.3, -0.25) is 4.79 Å². The Morgan fingerprint density at radius 3 is 2.43 bits per heavy atom. The van der Waals surface area contributed by atoms with E-state index < -0.39 is 35.5 Å². The van der Waals surface area contributed by atoms with Crippen LogP contribution in [0, 0.1) is 0 Å². The van der Waals surface area contributed by atoms with Crippen LogP contribution in [0.4, 0.5) is 8.78 Å². The fourth-order valence-electron chi connectivity index (χ4n) is 1.90. The summed E-state index contributed by atoms with van der Waals surface area (Å²) in [5, 5.41) is 11.0. The van der Waals surface area contributed by atoms with E-state index in [0.717, 1.165) is 13.0 Å². The number of methoxy groups -OCH3 is 1. The lowest BCUT2D eigenvalue weighted by molar-refractivity contribution is -0.158. The molecule has 0 radical (unpaired) electrons. The second-order valence-corrected chi connectivity index (χ2v) is 5.03. The number of aliphatic carboxylic acids is 1. The maximum Gasteiger partial charge on any atom is 0.353 e. The Morgan fingerprint density at radius 1 is 1.30 bits per heavy atom. The van der Waals surface area contributed by atoms with E-state index in [1.165, 1.54) is 25.3 Å². The van der Waals surface area contributed by atoms with Crippen molar-refractivity contribution < 1.29 is 33.0 Å². The summed E-state index contributed by atoms with van der Waals surface area (Å²) in [5.41, 5.74) is -2.61. The van der Waals surface area contributed by atoms with Gasteiger partial charge in [0.2, 0.25) is 0 Å². The van der Waals surface area contributed by atoms with Gasteiger partial charge < -0.3 is 19.9 Å². The number of carbonyl (C=O) groups is 2. The number of carboxylic acid groups (broad SMARTS) is 1. The lowest BCUT2D eigenvalue weighted by Gasteiger charge is -2.28. The normalized spacial score (nSPS) is 14.0. The molecule has 1 aromatic carbocycles. The number of alkyl halides is 2. The number of benzene rings is 1. The summed E-state index contributed by atoms with van der Waals surface area (Å²) in [6.07, 6.45) is 0. The van der Waals surface area contributed by atoms with Crippen LogP contribution in [0.5, 0.6) is 5.75 Å². The molecule has 0 saturated carbocycles. The smallest absolute Gasteiger partial charge is 0.353 e.